The van der Waals surface area contributed by atoms with Gasteiger partial charge in [-0.05, 0) is 31.5 Å². The first-order valence-electron chi connectivity index (χ1n) is 7.17. The van der Waals surface area contributed by atoms with E-state index in [-0.39, 0.29) is 6.10 Å². The largest absolute Gasteiger partial charge is 0.491 e. The molecule has 1 rings (SSSR count). The molecule has 0 aliphatic carbocycles. The molecule has 0 saturated heterocycles. The van der Waals surface area contributed by atoms with Crippen molar-refractivity contribution in [3.05, 3.63) is 22.7 Å². The zero-order valence-corrected chi connectivity index (χ0v) is 13.7. The van der Waals surface area contributed by atoms with Crippen LogP contribution in [0.4, 0.5) is 0 Å². The molecule has 0 aliphatic rings. The fourth-order valence-corrected chi connectivity index (χ4v) is 2.22. The third-order valence-corrected chi connectivity index (χ3v) is 3.10. The summed E-state index contributed by atoms with van der Waals surface area (Å²) in [5, 5.41) is 16.1. The molecule has 0 fully saturated rings. The lowest BCUT2D eigenvalue weighted by Crippen LogP contribution is -2.31. The number of aliphatic hydroxyl groups excluding tert-OH is 1. The number of hydrogen-bond acceptors (Lipinski definition) is 5. The Morgan fingerprint density at radius 1 is 1.29 bits per heavy atom. The number of ether oxygens (including phenoxy) is 2. The molecule has 120 valence electrons. The maximum absolute atomic E-state index is 9.12. The van der Waals surface area contributed by atoms with Crippen LogP contribution in [-0.4, -0.2) is 44.6 Å². The lowest BCUT2D eigenvalue weighted by Gasteiger charge is -2.13. The molecule has 3 N–H and O–H groups in total. The van der Waals surface area contributed by atoms with E-state index in [1.165, 1.54) is 0 Å². The number of aliphatic hydroxyl groups is 1. The van der Waals surface area contributed by atoms with Crippen molar-refractivity contribution >= 4 is 11.6 Å². The molecule has 1 atom stereocenters. The van der Waals surface area contributed by atoms with Crippen molar-refractivity contribution < 1.29 is 14.6 Å². The van der Waals surface area contributed by atoms with Gasteiger partial charge in [0.25, 0.3) is 0 Å². The molecule has 0 spiro atoms. The molecule has 0 bridgehead atoms. The summed E-state index contributed by atoms with van der Waals surface area (Å²) in [6.07, 6.45) is -0.320. The minimum absolute atomic E-state index is 0.320. The minimum Gasteiger partial charge on any atom is -0.491 e. The van der Waals surface area contributed by atoms with Crippen molar-refractivity contribution in [3.63, 3.8) is 0 Å². The molecule has 0 unspecified atom stereocenters. The Bertz CT molecular complexity index is 428. The maximum Gasteiger partial charge on any atom is 0.179 e. The molecule has 0 aliphatic heterocycles. The lowest BCUT2D eigenvalue weighted by atomic mass is 10.2. The smallest absolute Gasteiger partial charge is 0.179 e. The van der Waals surface area contributed by atoms with Crippen molar-refractivity contribution in [2.24, 2.45) is 0 Å². The molecule has 0 saturated carbocycles. The molecule has 0 radical (unpaired) electrons. The number of benzene rings is 1. The van der Waals surface area contributed by atoms with E-state index in [4.69, 9.17) is 26.2 Å². The lowest BCUT2D eigenvalue weighted by molar-refractivity contribution is 0.191. The van der Waals surface area contributed by atoms with E-state index >= 15 is 0 Å². The van der Waals surface area contributed by atoms with Gasteiger partial charge in [-0.1, -0.05) is 11.6 Å². The second-order valence-corrected chi connectivity index (χ2v) is 5.18. The van der Waals surface area contributed by atoms with Crippen LogP contribution in [0.1, 0.15) is 19.4 Å². The van der Waals surface area contributed by atoms with Crippen LogP contribution in [0.5, 0.6) is 11.5 Å². The molecular weight excluding hydrogens is 292 g/mol. The highest BCUT2D eigenvalue weighted by Gasteiger charge is 2.11. The summed E-state index contributed by atoms with van der Waals surface area (Å²) in [6, 6.07) is 3.81. The van der Waals surface area contributed by atoms with Crippen molar-refractivity contribution in [1.29, 1.82) is 0 Å². The van der Waals surface area contributed by atoms with Gasteiger partial charge in [-0.3, -0.25) is 0 Å². The molecule has 0 heterocycles. The highest BCUT2D eigenvalue weighted by molar-refractivity contribution is 6.32. The third-order valence-electron chi connectivity index (χ3n) is 2.82. The van der Waals surface area contributed by atoms with Crippen LogP contribution in [0, 0.1) is 0 Å². The van der Waals surface area contributed by atoms with Crippen LogP contribution in [-0.2, 0) is 6.54 Å². The van der Waals surface area contributed by atoms with E-state index in [0.717, 1.165) is 18.7 Å². The van der Waals surface area contributed by atoms with Gasteiger partial charge in [0.1, 0.15) is 0 Å². The van der Waals surface area contributed by atoms with Crippen molar-refractivity contribution in [2.75, 3.05) is 33.4 Å². The van der Waals surface area contributed by atoms with E-state index in [1.807, 2.05) is 19.1 Å². The second kappa shape index (κ2) is 9.84. The van der Waals surface area contributed by atoms with Gasteiger partial charge in [0.15, 0.2) is 11.5 Å². The van der Waals surface area contributed by atoms with Crippen LogP contribution >= 0.6 is 11.6 Å². The average Bonchev–Trinajstić information content (AvgIpc) is 2.42. The normalized spacial score (nSPS) is 12.2. The molecule has 21 heavy (non-hydrogen) atoms. The first-order valence-corrected chi connectivity index (χ1v) is 7.55. The Morgan fingerprint density at radius 2 is 2.00 bits per heavy atom. The number of rotatable bonds is 10. The first kappa shape index (κ1) is 18.0. The average molecular weight is 317 g/mol. The zero-order valence-electron chi connectivity index (χ0n) is 12.9. The van der Waals surface area contributed by atoms with Gasteiger partial charge in [-0.25, -0.2) is 0 Å². The molecule has 1 aromatic carbocycles. The highest BCUT2D eigenvalue weighted by Crippen LogP contribution is 2.36. The predicted octanol–water partition coefficient (Wildman–Crippen LogP) is 1.81. The fraction of sp³-hybridized carbons (Fsp3) is 0.600. The number of halogens is 1. The maximum atomic E-state index is 9.12. The van der Waals surface area contributed by atoms with Gasteiger partial charge in [0.05, 0.1) is 24.8 Å². The van der Waals surface area contributed by atoms with Crippen LogP contribution in [0.2, 0.25) is 5.02 Å². The number of hydrogen-bond donors (Lipinski definition) is 3. The van der Waals surface area contributed by atoms with E-state index in [0.29, 0.717) is 36.2 Å². The molecule has 6 heteroatoms. The summed E-state index contributed by atoms with van der Waals surface area (Å²) in [6.45, 7) is 7.14. The van der Waals surface area contributed by atoms with Crippen molar-refractivity contribution in [2.45, 2.75) is 26.5 Å². The Morgan fingerprint density at radius 3 is 2.62 bits per heavy atom. The summed E-state index contributed by atoms with van der Waals surface area (Å²) in [5.41, 5.74) is 1.04. The summed E-state index contributed by atoms with van der Waals surface area (Å²) in [4.78, 5) is 0. The Kier molecular flexibility index (Phi) is 8.45. The van der Waals surface area contributed by atoms with Gasteiger partial charge < -0.3 is 25.2 Å². The van der Waals surface area contributed by atoms with Gasteiger partial charge in [0.2, 0.25) is 0 Å². The van der Waals surface area contributed by atoms with Gasteiger partial charge >= 0.3 is 0 Å². The Labute approximate surface area is 131 Å². The monoisotopic (exact) mass is 316 g/mol. The van der Waals surface area contributed by atoms with Crippen LogP contribution in [0.15, 0.2) is 12.1 Å². The molecular formula is C15H25ClN2O3. The summed E-state index contributed by atoms with van der Waals surface area (Å²) in [5.74, 6) is 1.23. The molecule has 5 nitrogen and oxygen atoms in total. The van der Waals surface area contributed by atoms with Crippen LogP contribution < -0.4 is 20.1 Å². The summed E-state index contributed by atoms with van der Waals surface area (Å²) in [7, 11) is 1.58. The Hall–Kier alpha value is -1.01. The van der Waals surface area contributed by atoms with Gasteiger partial charge in [0, 0.05) is 26.2 Å². The van der Waals surface area contributed by atoms with E-state index in [2.05, 4.69) is 10.6 Å². The molecule has 1 aromatic rings. The number of nitrogens with one attached hydrogen (secondary N) is 2. The van der Waals surface area contributed by atoms with Gasteiger partial charge in [-0.15, -0.1) is 0 Å². The summed E-state index contributed by atoms with van der Waals surface area (Å²) >= 11 is 6.19. The third kappa shape index (κ3) is 6.52. The minimum atomic E-state index is -0.320. The van der Waals surface area contributed by atoms with Crippen LogP contribution in [0.25, 0.3) is 0 Å². The summed E-state index contributed by atoms with van der Waals surface area (Å²) < 4.78 is 10.8. The SMILES string of the molecule is CCOc1cc(CNCCNC[C@H](C)O)cc(Cl)c1OC. The van der Waals surface area contributed by atoms with Gasteiger partial charge in [-0.2, -0.15) is 0 Å². The van der Waals surface area contributed by atoms with Crippen LogP contribution in [0.3, 0.4) is 0 Å². The first-order chi connectivity index (χ1) is 10.1. The van der Waals surface area contributed by atoms with Crippen molar-refractivity contribution in [3.8, 4) is 11.5 Å². The van der Waals surface area contributed by atoms with Crippen molar-refractivity contribution in [1.82, 2.24) is 10.6 Å². The quantitative estimate of drug-likeness (QED) is 0.575. The van der Waals surface area contributed by atoms with E-state index in [1.54, 1.807) is 14.0 Å². The second-order valence-electron chi connectivity index (χ2n) is 4.77. The standard InChI is InChI=1S/C15H25ClN2O3/c1-4-21-14-8-12(7-13(16)15(14)20-3)10-18-6-5-17-9-11(2)19/h7-8,11,17-19H,4-6,9-10H2,1-3H3/t11-/m0/s1. The molecule has 0 amide bonds. The topological polar surface area (TPSA) is 62.8 Å². The Balaban J connectivity index is 2.48. The van der Waals surface area contributed by atoms with E-state index in [9.17, 15) is 0 Å². The fourth-order valence-electron chi connectivity index (χ4n) is 1.90. The van der Waals surface area contributed by atoms with E-state index < -0.39 is 0 Å². The number of methoxy groups -OCH3 is 1. The zero-order chi connectivity index (χ0) is 15.7. The highest BCUT2D eigenvalue weighted by atomic mass is 35.5. The predicted molar refractivity (Wildman–Crippen MR) is 85.4 cm³/mol. The molecule has 0 aromatic heterocycles.